The van der Waals surface area contributed by atoms with Gasteiger partial charge in [0.2, 0.25) is 6.10 Å². The van der Waals surface area contributed by atoms with E-state index >= 15 is 0 Å². The molecule has 8 nitrogen and oxygen atoms in total. The molecule has 8 heteroatoms. The molecule has 2 amide bonds. The van der Waals surface area contributed by atoms with Crippen LogP contribution in [-0.2, 0) is 4.79 Å². The van der Waals surface area contributed by atoms with Crippen LogP contribution in [0.1, 0.15) is 10.4 Å². The van der Waals surface area contributed by atoms with E-state index in [0.29, 0.717) is 22.8 Å². The Bertz CT molecular complexity index is 954. The Morgan fingerprint density at radius 1 is 1.00 bits per heavy atom. The second-order valence-corrected chi connectivity index (χ2v) is 5.75. The number of nitrogens with zero attached hydrogens (tertiary/aromatic N) is 1. The largest absolute Gasteiger partial charge is 0.485 e. The Kier molecular flexibility index (Phi) is 4.44. The smallest absolute Gasteiger partial charge is 0.283 e. The van der Waals surface area contributed by atoms with Crippen molar-refractivity contribution in [1.82, 2.24) is 15.8 Å². The highest BCUT2D eigenvalue weighted by molar-refractivity contribution is 5.96. The molecule has 0 aliphatic carbocycles. The van der Waals surface area contributed by atoms with Crippen molar-refractivity contribution in [3.05, 3.63) is 66.7 Å². The molecule has 1 aromatic heterocycles. The molecule has 27 heavy (non-hydrogen) atoms. The predicted molar refractivity (Wildman–Crippen MR) is 93.9 cm³/mol. The number of hydrogen-bond donors (Lipinski definition) is 2. The number of aromatic nitrogens is 1. The summed E-state index contributed by atoms with van der Waals surface area (Å²) in [6.07, 6.45) is 2.06. The highest BCUT2D eigenvalue weighted by Crippen LogP contribution is 2.30. The van der Waals surface area contributed by atoms with Crippen molar-refractivity contribution in [2.75, 3.05) is 6.61 Å². The number of para-hydroxylation sites is 2. The summed E-state index contributed by atoms with van der Waals surface area (Å²) in [6, 6.07) is 13.8. The number of hydrazine groups is 1. The van der Waals surface area contributed by atoms with Gasteiger partial charge >= 0.3 is 0 Å². The molecule has 0 fully saturated rings. The Balaban J connectivity index is 1.33. The van der Waals surface area contributed by atoms with Crippen molar-refractivity contribution in [3.8, 4) is 22.8 Å². The Hall–Kier alpha value is -3.81. The molecule has 1 unspecified atom stereocenters. The first-order chi connectivity index (χ1) is 13.2. The van der Waals surface area contributed by atoms with Gasteiger partial charge in [-0.15, -0.1) is 0 Å². The molecule has 2 heterocycles. The van der Waals surface area contributed by atoms with Crippen molar-refractivity contribution in [1.29, 1.82) is 0 Å². The van der Waals surface area contributed by atoms with Gasteiger partial charge in [0.1, 0.15) is 6.61 Å². The van der Waals surface area contributed by atoms with Crippen molar-refractivity contribution in [2.24, 2.45) is 0 Å². The Labute approximate surface area is 154 Å². The lowest BCUT2D eigenvalue weighted by molar-refractivity contribution is -0.131. The monoisotopic (exact) mass is 365 g/mol. The lowest BCUT2D eigenvalue weighted by Gasteiger charge is -2.25. The van der Waals surface area contributed by atoms with Gasteiger partial charge in [0, 0.05) is 11.1 Å². The number of fused-ring (bicyclic) bond motifs is 1. The number of amides is 2. The van der Waals surface area contributed by atoms with Gasteiger partial charge < -0.3 is 13.9 Å². The first kappa shape index (κ1) is 16.6. The average Bonchev–Trinajstić information content (AvgIpc) is 3.26. The van der Waals surface area contributed by atoms with E-state index in [2.05, 4.69) is 15.8 Å². The van der Waals surface area contributed by atoms with E-state index in [1.54, 1.807) is 48.7 Å². The van der Waals surface area contributed by atoms with Crippen molar-refractivity contribution >= 4 is 11.8 Å². The third-order valence-electron chi connectivity index (χ3n) is 3.96. The van der Waals surface area contributed by atoms with Crippen LogP contribution in [0, 0.1) is 0 Å². The van der Waals surface area contributed by atoms with Crippen LogP contribution in [0.4, 0.5) is 0 Å². The van der Waals surface area contributed by atoms with Crippen LogP contribution in [0.3, 0.4) is 0 Å². The molecule has 1 atom stereocenters. The summed E-state index contributed by atoms with van der Waals surface area (Å²) in [5.41, 5.74) is 5.89. The number of carbonyl (C=O) groups is 2. The molecule has 1 aliphatic rings. The van der Waals surface area contributed by atoms with E-state index in [9.17, 15) is 9.59 Å². The minimum absolute atomic E-state index is 0.0601. The third-order valence-corrected chi connectivity index (χ3v) is 3.96. The minimum Gasteiger partial charge on any atom is -0.485 e. The van der Waals surface area contributed by atoms with Gasteiger partial charge in [0.15, 0.2) is 23.7 Å². The zero-order chi connectivity index (χ0) is 18.6. The third kappa shape index (κ3) is 3.59. The molecule has 4 rings (SSSR count). The number of hydrogen-bond acceptors (Lipinski definition) is 6. The van der Waals surface area contributed by atoms with E-state index in [1.165, 1.54) is 6.39 Å². The summed E-state index contributed by atoms with van der Waals surface area (Å²) in [5.74, 6) is 0.710. The molecule has 0 spiro atoms. The number of rotatable bonds is 3. The molecule has 2 aromatic carbocycles. The lowest BCUT2D eigenvalue weighted by atomic mass is 10.1. The van der Waals surface area contributed by atoms with Gasteiger partial charge in [-0.2, -0.15) is 0 Å². The van der Waals surface area contributed by atoms with Crippen LogP contribution in [0.15, 0.2) is 65.5 Å². The molecular formula is C19H15N3O5. The molecular weight excluding hydrogens is 350 g/mol. The number of oxazole rings is 1. The van der Waals surface area contributed by atoms with E-state index < -0.39 is 17.9 Å². The molecule has 0 saturated heterocycles. The van der Waals surface area contributed by atoms with E-state index in [-0.39, 0.29) is 6.61 Å². The van der Waals surface area contributed by atoms with Gasteiger partial charge in [0.05, 0.1) is 6.20 Å². The summed E-state index contributed by atoms with van der Waals surface area (Å²) < 4.78 is 16.3. The summed E-state index contributed by atoms with van der Waals surface area (Å²) in [4.78, 5) is 28.2. The quantitative estimate of drug-likeness (QED) is 0.688. The fraction of sp³-hybridized carbons (Fsp3) is 0.105. The molecule has 3 aromatic rings. The van der Waals surface area contributed by atoms with Crippen molar-refractivity contribution < 1.29 is 23.5 Å². The maximum atomic E-state index is 12.2. The van der Waals surface area contributed by atoms with Gasteiger partial charge in [-0.3, -0.25) is 20.4 Å². The van der Waals surface area contributed by atoms with Gasteiger partial charge in [-0.1, -0.05) is 24.3 Å². The van der Waals surface area contributed by atoms with Crippen LogP contribution in [0.2, 0.25) is 0 Å². The van der Waals surface area contributed by atoms with Crippen LogP contribution in [0.25, 0.3) is 11.3 Å². The van der Waals surface area contributed by atoms with Crippen molar-refractivity contribution in [3.63, 3.8) is 0 Å². The maximum Gasteiger partial charge on any atom is 0.283 e. The van der Waals surface area contributed by atoms with Crippen LogP contribution in [0.5, 0.6) is 11.5 Å². The van der Waals surface area contributed by atoms with Gasteiger partial charge in [-0.25, -0.2) is 4.98 Å². The first-order valence-corrected chi connectivity index (χ1v) is 8.18. The van der Waals surface area contributed by atoms with E-state index in [1.807, 2.05) is 6.07 Å². The predicted octanol–water partition coefficient (Wildman–Crippen LogP) is 1.94. The topological polar surface area (TPSA) is 103 Å². The maximum absolute atomic E-state index is 12.2. The second-order valence-electron chi connectivity index (χ2n) is 5.75. The van der Waals surface area contributed by atoms with Gasteiger partial charge in [0.25, 0.3) is 11.8 Å². The lowest BCUT2D eigenvalue weighted by Crippen LogP contribution is -2.50. The Morgan fingerprint density at radius 2 is 1.78 bits per heavy atom. The molecule has 1 aliphatic heterocycles. The normalized spacial score (nSPS) is 15.0. The molecule has 136 valence electrons. The number of nitrogens with one attached hydrogen (secondary N) is 2. The summed E-state index contributed by atoms with van der Waals surface area (Å²) in [7, 11) is 0. The highest BCUT2D eigenvalue weighted by atomic mass is 16.6. The summed E-state index contributed by atoms with van der Waals surface area (Å²) in [5, 5.41) is 0. The zero-order valence-corrected chi connectivity index (χ0v) is 14.0. The molecule has 2 N–H and O–H groups in total. The van der Waals surface area contributed by atoms with Crippen LogP contribution < -0.4 is 20.3 Å². The minimum atomic E-state index is -0.853. The average molecular weight is 365 g/mol. The molecule has 0 radical (unpaired) electrons. The van der Waals surface area contributed by atoms with Gasteiger partial charge in [-0.05, 0) is 24.3 Å². The summed E-state index contributed by atoms with van der Waals surface area (Å²) in [6.45, 7) is 0.0601. The number of ether oxygens (including phenoxy) is 2. The standard InChI is InChI=1S/C19H15N3O5/c23-18(13-7-5-12(6-8-13)16-9-20-11-26-16)21-22-19(24)17-10-25-14-3-1-2-4-15(14)27-17/h1-9,11,17H,10H2,(H,21,23)(H,22,24). The van der Waals surface area contributed by atoms with E-state index in [4.69, 9.17) is 13.9 Å². The fourth-order valence-corrected chi connectivity index (χ4v) is 2.56. The summed E-state index contributed by atoms with van der Waals surface area (Å²) >= 11 is 0. The van der Waals surface area contributed by atoms with E-state index in [0.717, 1.165) is 5.56 Å². The highest BCUT2D eigenvalue weighted by Gasteiger charge is 2.27. The SMILES string of the molecule is O=C(NNC(=O)C1COc2ccccc2O1)c1ccc(-c2cnco2)cc1. The zero-order valence-electron chi connectivity index (χ0n) is 14.0. The van der Waals surface area contributed by atoms with Crippen molar-refractivity contribution in [2.45, 2.75) is 6.10 Å². The fourth-order valence-electron chi connectivity index (χ4n) is 2.56. The van der Waals surface area contributed by atoms with Crippen LogP contribution in [-0.4, -0.2) is 29.5 Å². The molecule has 0 saturated carbocycles. The first-order valence-electron chi connectivity index (χ1n) is 8.18. The van der Waals surface area contributed by atoms with Crippen LogP contribution >= 0.6 is 0 Å². The second kappa shape index (κ2) is 7.20. The Morgan fingerprint density at radius 3 is 2.52 bits per heavy atom. The number of carbonyl (C=O) groups excluding carboxylic acids is 2. The number of benzene rings is 2. The molecule has 0 bridgehead atoms.